The van der Waals surface area contributed by atoms with Gasteiger partial charge in [-0.25, -0.2) is 9.48 Å². The highest BCUT2D eigenvalue weighted by Gasteiger charge is 2.60. The van der Waals surface area contributed by atoms with Gasteiger partial charge in [-0.05, 0) is 55.0 Å². The van der Waals surface area contributed by atoms with Crippen LogP contribution in [-0.4, -0.2) is 70.8 Å². The van der Waals surface area contributed by atoms with Gasteiger partial charge in [-0.2, -0.15) is 5.10 Å². The largest absolute Gasteiger partial charge is 0.497 e. The van der Waals surface area contributed by atoms with Crippen LogP contribution in [0.2, 0.25) is 0 Å². The molecule has 36 heavy (non-hydrogen) atoms. The molecule has 1 saturated heterocycles. The molecule has 2 aliphatic heterocycles. The molecule has 3 aromatic rings. The molecule has 2 aromatic carbocycles. The minimum atomic E-state index is -0.484. The first-order valence-electron chi connectivity index (χ1n) is 12.6. The topological polar surface area (TPSA) is 76.9 Å². The number of aromatic nitrogens is 2. The van der Waals surface area contributed by atoms with Crippen molar-refractivity contribution in [1.29, 1.82) is 0 Å². The molecule has 0 radical (unpaired) electrons. The fourth-order valence-corrected chi connectivity index (χ4v) is 5.95. The molecule has 0 N–H and O–H groups in total. The fourth-order valence-electron chi connectivity index (χ4n) is 5.95. The van der Waals surface area contributed by atoms with Crippen molar-refractivity contribution in [2.45, 2.75) is 25.9 Å². The lowest BCUT2D eigenvalue weighted by Crippen LogP contribution is -2.43. The molecule has 1 saturated carbocycles. The number of esters is 1. The van der Waals surface area contributed by atoms with Gasteiger partial charge in [0.2, 0.25) is 0 Å². The second-order valence-corrected chi connectivity index (χ2v) is 9.75. The Balaban J connectivity index is 1.25. The van der Waals surface area contributed by atoms with Crippen molar-refractivity contribution in [3.63, 3.8) is 0 Å². The maximum absolute atomic E-state index is 13.9. The van der Waals surface area contributed by atoms with Gasteiger partial charge in [0.25, 0.3) is 5.91 Å². The van der Waals surface area contributed by atoms with Gasteiger partial charge in [0, 0.05) is 37.8 Å². The van der Waals surface area contributed by atoms with E-state index in [1.807, 2.05) is 35.2 Å². The first kappa shape index (κ1) is 22.8. The molecular weight excluding hydrogens is 456 g/mol. The summed E-state index contributed by atoms with van der Waals surface area (Å²) in [5, 5.41) is 4.58. The number of methoxy groups -OCH3 is 1. The van der Waals surface area contributed by atoms with Crippen molar-refractivity contribution in [3.8, 4) is 11.4 Å². The molecule has 8 heteroatoms. The number of hydrogen-bond donors (Lipinski definition) is 0. The molecule has 3 aliphatic rings. The lowest BCUT2D eigenvalue weighted by atomic mass is 10.0. The number of piperidine rings is 1. The van der Waals surface area contributed by atoms with Crippen LogP contribution in [0, 0.1) is 11.8 Å². The summed E-state index contributed by atoms with van der Waals surface area (Å²) in [6.45, 7) is 5.59. The van der Waals surface area contributed by atoms with E-state index >= 15 is 0 Å². The van der Waals surface area contributed by atoms with Gasteiger partial charge in [0.15, 0.2) is 5.69 Å². The third kappa shape index (κ3) is 3.86. The molecule has 0 bridgehead atoms. The lowest BCUT2D eigenvalue weighted by molar-refractivity contribution is 0.0517. The highest BCUT2D eigenvalue weighted by atomic mass is 16.5. The smallest absolute Gasteiger partial charge is 0.359 e. The monoisotopic (exact) mass is 486 g/mol. The fraction of sp³-hybridized carbons (Fsp3) is 0.393. The van der Waals surface area contributed by atoms with Gasteiger partial charge in [-0.1, -0.05) is 30.3 Å². The number of carbonyl (C=O) groups excluding carboxylic acids is 2. The van der Waals surface area contributed by atoms with E-state index in [1.165, 1.54) is 5.56 Å². The van der Waals surface area contributed by atoms with E-state index in [-0.39, 0.29) is 24.2 Å². The van der Waals surface area contributed by atoms with Gasteiger partial charge in [-0.15, -0.1) is 0 Å². The summed E-state index contributed by atoms with van der Waals surface area (Å²) in [6.07, 6.45) is 0.592. The lowest BCUT2D eigenvalue weighted by Gasteiger charge is -2.31. The Kier molecular flexibility index (Phi) is 5.76. The summed E-state index contributed by atoms with van der Waals surface area (Å²) < 4.78 is 12.1. The van der Waals surface area contributed by atoms with Crippen LogP contribution in [-0.2, 0) is 17.7 Å². The molecular formula is C28H30N4O4. The van der Waals surface area contributed by atoms with E-state index in [4.69, 9.17) is 9.47 Å². The zero-order valence-corrected chi connectivity index (χ0v) is 20.6. The van der Waals surface area contributed by atoms with E-state index in [1.54, 1.807) is 18.7 Å². The number of hydrogen-bond acceptors (Lipinski definition) is 6. The van der Waals surface area contributed by atoms with Crippen molar-refractivity contribution in [3.05, 3.63) is 77.1 Å². The van der Waals surface area contributed by atoms with Crippen LogP contribution in [0.25, 0.3) is 5.69 Å². The van der Waals surface area contributed by atoms with E-state index in [0.29, 0.717) is 47.5 Å². The third-order valence-electron chi connectivity index (χ3n) is 7.67. The molecule has 6 rings (SSSR count). The molecule has 1 amide bonds. The molecule has 2 atom stereocenters. The first-order chi connectivity index (χ1) is 17.6. The van der Waals surface area contributed by atoms with Crippen LogP contribution < -0.4 is 4.74 Å². The number of ether oxygens (including phenoxy) is 2. The molecule has 2 unspecified atom stereocenters. The average molecular weight is 487 g/mol. The summed E-state index contributed by atoms with van der Waals surface area (Å²) >= 11 is 0. The summed E-state index contributed by atoms with van der Waals surface area (Å²) in [6, 6.07) is 18.1. The van der Waals surface area contributed by atoms with Crippen LogP contribution >= 0.6 is 0 Å². The second-order valence-electron chi connectivity index (χ2n) is 9.75. The highest BCUT2D eigenvalue weighted by molar-refractivity contribution is 6.00. The van der Waals surface area contributed by atoms with Crippen molar-refractivity contribution in [2.75, 3.05) is 33.4 Å². The van der Waals surface area contributed by atoms with Crippen molar-refractivity contribution >= 4 is 11.9 Å². The third-order valence-corrected chi connectivity index (χ3v) is 7.67. The summed E-state index contributed by atoms with van der Waals surface area (Å²) in [7, 11) is 1.61. The summed E-state index contributed by atoms with van der Waals surface area (Å²) in [5.41, 5.74) is 3.43. The van der Waals surface area contributed by atoms with Crippen molar-refractivity contribution in [2.24, 2.45) is 11.8 Å². The minimum absolute atomic E-state index is 0.0517. The number of likely N-dealkylation sites (tertiary alicyclic amines) is 1. The predicted octanol–water partition coefficient (Wildman–Crippen LogP) is 3.19. The van der Waals surface area contributed by atoms with Crippen LogP contribution in [0.4, 0.5) is 0 Å². The Morgan fingerprint density at radius 2 is 1.78 bits per heavy atom. The molecule has 1 aromatic heterocycles. The van der Waals surface area contributed by atoms with Gasteiger partial charge in [0.1, 0.15) is 11.4 Å². The maximum atomic E-state index is 13.9. The predicted molar refractivity (Wildman–Crippen MR) is 133 cm³/mol. The van der Waals surface area contributed by atoms with E-state index in [9.17, 15) is 9.59 Å². The molecule has 2 fully saturated rings. The zero-order valence-electron chi connectivity index (χ0n) is 20.6. The highest BCUT2D eigenvalue weighted by Crippen LogP contribution is 2.50. The Morgan fingerprint density at radius 1 is 1.06 bits per heavy atom. The van der Waals surface area contributed by atoms with Gasteiger partial charge < -0.3 is 14.4 Å². The average Bonchev–Trinajstić information content (AvgIpc) is 3.22. The normalized spacial score (nSPS) is 22.8. The Morgan fingerprint density at radius 3 is 2.44 bits per heavy atom. The summed E-state index contributed by atoms with van der Waals surface area (Å²) in [5.74, 6) is 1.18. The van der Waals surface area contributed by atoms with E-state index in [0.717, 1.165) is 19.6 Å². The summed E-state index contributed by atoms with van der Waals surface area (Å²) in [4.78, 5) is 31.1. The minimum Gasteiger partial charge on any atom is -0.497 e. The number of rotatable bonds is 7. The molecule has 186 valence electrons. The van der Waals surface area contributed by atoms with Crippen LogP contribution in [0.15, 0.2) is 54.6 Å². The van der Waals surface area contributed by atoms with E-state index < -0.39 is 5.97 Å². The van der Waals surface area contributed by atoms with Gasteiger partial charge >= 0.3 is 5.97 Å². The van der Waals surface area contributed by atoms with Crippen LogP contribution in [0.1, 0.15) is 39.0 Å². The van der Waals surface area contributed by atoms with Gasteiger partial charge in [-0.3, -0.25) is 9.69 Å². The molecule has 3 heterocycles. The van der Waals surface area contributed by atoms with Crippen LogP contribution in [0.3, 0.4) is 0 Å². The van der Waals surface area contributed by atoms with E-state index in [2.05, 4.69) is 34.3 Å². The molecule has 1 aliphatic carbocycles. The quantitative estimate of drug-likeness (QED) is 0.478. The number of carbonyl (C=O) groups is 2. The Bertz CT molecular complexity index is 1270. The van der Waals surface area contributed by atoms with Crippen molar-refractivity contribution < 1.29 is 19.1 Å². The maximum Gasteiger partial charge on any atom is 0.359 e. The zero-order chi connectivity index (χ0) is 24.8. The SMILES string of the molecule is CCOC(=O)c1nn(-c2ccc(OC)cc2)c2c1CCN(C1C3CN(Cc4ccccc4)CC31)C2=O. The first-order valence-corrected chi connectivity index (χ1v) is 12.6. The second kappa shape index (κ2) is 9.09. The molecule has 0 spiro atoms. The van der Waals surface area contributed by atoms with Gasteiger partial charge in [0.05, 0.1) is 19.4 Å². The molecule has 8 nitrogen and oxygen atoms in total. The van der Waals surface area contributed by atoms with Crippen molar-refractivity contribution in [1.82, 2.24) is 19.6 Å². The van der Waals surface area contributed by atoms with Crippen LogP contribution in [0.5, 0.6) is 5.75 Å². The standard InChI is InChI=1S/C28H30N4O4/c1-3-36-28(34)24-21-13-14-31(25-22-16-30(17-23(22)25)15-18-7-5-4-6-8-18)27(33)26(21)32(29-24)19-9-11-20(35-2)12-10-19/h4-12,22-23,25H,3,13-17H2,1-2H3. The Labute approximate surface area is 210 Å². The number of benzene rings is 2. The number of amides is 1. The number of fused-ring (bicyclic) bond motifs is 2. The Hall–Kier alpha value is -3.65. The number of nitrogens with zero attached hydrogens (tertiary/aromatic N) is 4.